The minimum Gasteiger partial charge on any atom is -0.467 e. The molecule has 3 heterocycles. The molecule has 0 bridgehead atoms. The fourth-order valence-electron chi connectivity index (χ4n) is 3.64. The Labute approximate surface area is 204 Å². The average Bonchev–Trinajstić information content (AvgIpc) is 3.48. The predicted octanol–water partition coefficient (Wildman–Crippen LogP) is -1.00. The lowest BCUT2D eigenvalue weighted by Crippen LogP contribution is -2.45. The molecule has 2 atom stereocenters. The number of amides is 2. The van der Waals surface area contributed by atoms with E-state index in [1.54, 1.807) is 27.7 Å². The number of ether oxygens (including phenoxy) is 2. The number of imidazole rings is 2. The third-order valence-electron chi connectivity index (χ3n) is 5.62. The van der Waals surface area contributed by atoms with Crippen molar-refractivity contribution >= 4 is 34.8 Å². The summed E-state index contributed by atoms with van der Waals surface area (Å²) in [5.74, 6) is -3.78. The second-order valence-electron chi connectivity index (χ2n) is 8.67. The molecule has 192 valence electrons. The van der Waals surface area contributed by atoms with Gasteiger partial charge in [-0.05, 0) is 11.8 Å². The molecule has 2 amide bonds. The fraction of sp³-hybridized carbons (Fsp3) is 0.455. The molecule has 0 fully saturated rings. The molecule has 36 heavy (non-hydrogen) atoms. The maximum Gasteiger partial charge on any atom is 0.328 e. The Kier molecular flexibility index (Phi) is 7.36. The second kappa shape index (κ2) is 10.1. The summed E-state index contributed by atoms with van der Waals surface area (Å²) in [7, 11) is 2.35. The summed E-state index contributed by atoms with van der Waals surface area (Å²) in [6.45, 7) is 6.75. The minimum absolute atomic E-state index is 0.335. The van der Waals surface area contributed by atoms with Crippen LogP contribution < -0.4 is 21.8 Å². The van der Waals surface area contributed by atoms with Gasteiger partial charge < -0.3 is 20.1 Å². The van der Waals surface area contributed by atoms with Crippen LogP contribution in [0.25, 0.3) is 11.0 Å². The maximum atomic E-state index is 13.2. The summed E-state index contributed by atoms with van der Waals surface area (Å²) in [5.41, 5.74) is -3.19. The summed E-state index contributed by atoms with van der Waals surface area (Å²) in [4.78, 5) is 84.0. The van der Waals surface area contributed by atoms with Crippen molar-refractivity contribution in [2.45, 2.75) is 39.8 Å². The van der Waals surface area contributed by atoms with E-state index in [0.29, 0.717) is 0 Å². The molecule has 14 heteroatoms. The van der Waals surface area contributed by atoms with Crippen LogP contribution in [0.15, 0.2) is 22.2 Å². The van der Waals surface area contributed by atoms with Crippen molar-refractivity contribution in [1.82, 2.24) is 29.4 Å². The zero-order valence-electron chi connectivity index (χ0n) is 20.5. The van der Waals surface area contributed by atoms with Crippen molar-refractivity contribution < 1.29 is 28.7 Å². The maximum absolute atomic E-state index is 13.2. The monoisotopic (exact) mass is 502 g/mol. The second-order valence-corrected chi connectivity index (χ2v) is 8.67. The summed E-state index contributed by atoms with van der Waals surface area (Å²) in [6.07, 6.45) is 1.94. The summed E-state index contributed by atoms with van der Waals surface area (Å²) in [5, 5.41) is 4.93. The number of methoxy groups -OCH3 is 2. The molecule has 0 unspecified atom stereocenters. The van der Waals surface area contributed by atoms with E-state index in [-0.39, 0.29) is 34.3 Å². The zero-order chi connectivity index (χ0) is 26.9. The van der Waals surface area contributed by atoms with Crippen LogP contribution in [0.4, 0.5) is 0 Å². The topological polar surface area (TPSA) is 180 Å². The van der Waals surface area contributed by atoms with Gasteiger partial charge in [0.1, 0.15) is 35.8 Å². The summed E-state index contributed by atoms with van der Waals surface area (Å²) in [6, 6.07) is -2.03. The number of nitrogens with one attached hydrogen (secondary N) is 2. The Bertz CT molecular complexity index is 1350. The predicted molar refractivity (Wildman–Crippen MR) is 124 cm³/mol. The fourth-order valence-corrected chi connectivity index (χ4v) is 3.64. The molecule has 3 aromatic heterocycles. The molecule has 0 aliphatic rings. The van der Waals surface area contributed by atoms with Gasteiger partial charge >= 0.3 is 11.9 Å². The van der Waals surface area contributed by atoms with Gasteiger partial charge in [-0.15, -0.1) is 0 Å². The average molecular weight is 502 g/mol. The van der Waals surface area contributed by atoms with E-state index in [2.05, 4.69) is 20.6 Å². The number of rotatable bonds is 8. The number of carbonyl (C=O) groups excluding carboxylic acids is 4. The minimum atomic E-state index is -1.02. The van der Waals surface area contributed by atoms with Crippen molar-refractivity contribution in [1.29, 1.82) is 0 Å². The van der Waals surface area contributed by atoms with Crippen molar-refractivity contribution in [2.75, 3.05) is 14.2 Å². The van der Waals surface area contributed by atoms with Gasteiger partial charge in [-0.2, -0.15) is 0 Å². The van der Waals surface area contributed by atoms with Gasteiger partial charge in [-0.3, -0.25) is 28.0 Å². The van der Waals surface area contributed by atoms with Crippen LogP contribution in [0, 0.1) is 11.8 Å². The van der Waals surface area contributed by atoms with Gasteiger partial charge in [0.15, 0.2) is 11.4 Å². The molecule has 2 N–H and O–H groups in total. The van der Waals surface area contributed by atoms with E-state index >= 15 is 0 Å². The van der Waals surface area contributed by atoms with E-state index in [4.69, 9.17) is 9.47 Å². The quantitative estimate of drug-likeness (QED) is 0.363. The molecular formula is C22H26N6O8. The van der Waals surface area contributed by atoms with Crippen molar-refractivity contribution in [3.8, 4) is 0 Å². The van der Waals surface area contributed by atoms with Gasteiger partial charge in [0.25, 0.3) is 22.9 Å². The van der Waals surface area contributed by atoms with E-state index in [0.717, 1.165) is 21.5 Å². The van der Waals surface area contributed by atoms with Crippen LogP contribution in [0.3, 0.4) is 0 Å². The van der Waals surface area contributed by atoms with Crippen molar-refractivity contribution in [2.24, 2.45) is 11.8 Å². The highest BCUT2D eigenvalue weighted by molar-refractivity contribution is 6.02. The first-order chi connectivity index (χ1) is 16.9. The smallest absolute Gasteiger partial charge is 0.328 e. The molecule has 0 saturated heterocycles. The Hall–Kier alpha value is -4.36. The number of esters is 2. The standard InChI is InChI=1S/C22H26N6O8/c1-9(2)11(21(33)35-5)25-17(29)13-15-19(31)28-8-24-14(16(28)20(32)27(15)7-23-13)18(30)26-12(10(3)4)22(34)36-6/h7-12H,1-6H3,(H,25,29)(H,26,30)/t11-,12-/m0/s1. The summed E-state index contributed by atoms with van der Waals surface area (Å²) < 4.78 is 11.1. The molecule has 0 aromatic carbocycles. The van der Waals surface area contributed by atoms with Crippen LogP contribution in [0.5, 0.6) is 0 Å². The molecule has 0 aliphatic carbocycles. The van der Waals surface area contributed by atoms with Crippen LogP contribution in [-0.2, 0) is 19.1 Å². The first kappa shape index (κ1) is 26.2. The Morgan fingerprint density at radius 2 is 1.06 bits per heavy atom. The van der Waals surface area contributed by atoms with E-state index in [1.165, 1.54) is 14.2 Å². The third kappa shape index (κ3) is 4.48. The molecule has 0 spiro atoms. The van der Waals surface area contributed by atoms with E-state index < -0.39 is 47.0 Å². The van der Waals surface area contributed by atoms with Crippen LogP contribution >= 0.6 is 0 Å². The lowest BCUT2D eigenvalue weighted by atomic mass is 10.0. The number of fused-ring (bicyclic) bond motifs is 2. The number of hydrogen-bond acceptors (Lipinski definition) is 10. The molecule has 0 radical (unpaired) electrons. The molecule has 14 nitrogen and oxygen atoms in total. The van der Waals surface area contributed by atoms with E-state index in [9.17, 15) is 28.8 Å². The van der Waals surface area contributed by atoms with Crippen LogP contribution in [-0.4, -0.2) is 68.8 Å². The molecule has 3 aromatic rings. The normalized spacial score (nSPS) is 13.1. The number of nitrogens with zero attached hydrogens (tertiary/aromatic N) is 4. The summed E-state index contributed by atoms with van der Waals surface area (Å²) >= 11 is 0. The van der Waals surface area contributed by atoms with Crippen LogP contribution in [0.1, 0.15) is 48.7 Å². The molecule has 0 saturated carbocycles. The molecular weight excluding hydrogens is 476 g/mol. The highest BCUT2D eigenvalue weighted by Crippen LogP contribution is 2.11. The highest BCUT2D eigenvalue weighted by atomic mass is 16.5. The lowest BCUT2D eigenvalue weighted by Gasteiger charge is -2.19. The highest BCUT2D eigenvalue weighted by Gasteiger charge is 2.31. The van der Waals surface area contributed by atoms with Gasteiger partial charge in [-0.25, -0.2) is 19.6 Å². The molecule has 0 aliphatic heterocycles. The molecule has 3 rings (SSSR count). The SMILES string of the molecule is COC(=O)[C@@H](NC(=O)c1ncn2c(=O)c3c(C(=O)N[C@H](C(=O)OC)C(C)C)ncn3c(=O)c12)C(C)C. The van der Waals surface area contributed by atoms with Gasteiger partial charge in [0, 0.05) is 0 Å². The Balaban J connectivity index is 2.08. The number of aromatic nitrogens is 4. The van der Waals surface area contributed by atoms with Crippen LogP contribution in [0.2, 0.25) is 0 Å². The first-order valence-electron chi connectivity index (χ1n) is 11.0. The van der Waals surface area contributed by atoms with Gasteiger partial charge in [0.2, 0.25) is 0 Å². The number of hydrogen-bond donors (Lipinski definition) is 2. The van der Waals surface area contributed by atoms with E-state index in [1.807, 2.05) is 0 Å². The first-order valence-corrected chi connectivity index (χ1v) is 11.0. The zero-order valence-corrected chi connectivity index (χ0v) is 20.5. The van der Waals surface area contributed by atoms with Gasteiger partial charge in [-0.1, -0.05) is 27.7 Å². The lowest BCUT2D eigenvalue weighted by molar-refractivity contribution is -0.144. The van der Waals surface area contributed by atoms with Gasteiger partial charge in [0.05, 0.1) is 14.2 Å². The Morgan fingerprint density at radius 1 is 0.722 bits per heavy atom. The largest absolute Gasteiger partial charge is 0.467 e. The number of carbonyl (C=O) groups is 4. The van der Waals surface area contributed by atoms with Crippen molar-refractivity contribution in [3.05, 3.63) is 44.8 Å². The van der Waals surface area contributed by atoms with Crippen molar-refractivity contribution in [3.63, 3.8) is 0 Å². The third-order valence-corrected chi connectivity index (χ3v) is 5.62. The Morgan fingerprint density at radius 3 is 1.33 bits per heavy atom.